The van der Waals surface area contributed by atoms with Gasteiger partial charge in [-0.2, -0.15) is 5.10 Å². The van der Waals surface area contributed by atoms with Crippen LogP contribution in [0.15, 0.2) is 36.8 Å². The second-order valence-corrected chi connectivity index (χ2v) is 5.07. The highest BCUT2D eigenvalue weighted by atomic mass is 16.5. The van der Waals surface area contributed by atoms with E-state index in [0.29, 0.717) is 19.0 Å². The van der Waals surface area contributed by atoms with Gasteiger partial charge in [-0.15, -0.1) is 0 Å². The monoisotopic (exact) mass is 297 g/mol. The first-order valence-electron chi connectivity index (χ1n) is 7.36. The van der Waals surface area contributed by atoms with Crippen molar-refractivity contribution in [3.63, 3.8) is 0 Å². The molecule has 0 unspecified atom stereocenters. The standard InChI is InChI=1S/C16H19N5O/c1-3-8-22-15-5-4-12(10-19-15)9-18-14-6-7-17-16-13(14)11-20-21(16)2/h4-7,10-11H,3,8-9H2,1-2H3,(H,17,18). The molecule has 0 saturated carbocycles. The number of pyridine rings is 2. The molecule has 6 heteroatoms. The maximum absolute atomic E-state index is 5.48. The Morgan fingerprint density at radius 1 is 1.18 bits per heavy atom. The first-order chi connectivity index (χ1) is 10.8. The lowest BCUT2D eigenvalue weighted by Crippen LogP contribution is -2.02. The smallest absolute Gasteiger partial charge is 0.213 e. The number of fused-ring (bicyclic) bond motifs is 1. The summed E-state index contributed by atoms with van der Waals surface area (Å²) in [6.45, 7) is 3.46. The second kappa shape index (κ2) is 6.43. The van der Waals surface area contributed by atoms with Gasteiger partial charge in [-0.25, -0.2) is 9.97 Å². The summed E-state index contributed by atoms with van der Waals surface area (Å²) in [6.07, 6.45) is 6.42. The molecule has 0 atom stereocenters. The predicted molar refractivity (Wildman–Crippen MR) is 85.9 cm³/mol. The topological polar surface area (TPSA) is 64.9 Å². The average Bonchev–Trinajstić information content (AvgIpc) is 2.94. The number of ether oxygens (including phenoxy) is 1. The van der Waals surface area contributed by atoms with E-state index in [1.807, 2.05) is 37.6 Å². The molecule has 3 heterocycles. The summed E-state index contributed by atoms with van der Waals surface area (Å²) in [5, 5.41) is 8.66. The zero-order valence-corrected chi connectivity index (χ0v) is 12.8. The minimum absolute atomic E-state index is 0.671. The minimum atomic E-state index is 0.671. The van der Waals surface area contributed by atoms with Crippen molar-refractivity contribution in [2.24, 2.45) is 7.05 Å². The fraction of sp³-hybridized carbons (Fsp3) is 0.312. The lowest BCUT2D eigenvalue weighted by atomic mass is 10.2. The van der Waals surface area contributed by atoms with E-state index in [4.69, 9.17) is 4.74 Å². The first kappa shape index (κ1) is 14.3. The van der Waals surface area contributed by atoms with E-state index < -0.39 is 0 Å². The van der Waals surface area contributed by atoms with Gasteiger partial charge in [0, 0.05) is 37.7 Å². The van der Waals surface area contributed by atoms with Crippen LogP contribution in [-0.2, 0) is 13.6 Å². The van der Waals surface area contributed by atoms with Crippen molar-refractivity contribution < 1.29 is 4.74 Å². The molecular formula is C16H19N5O. The number of hydrogen-bond donors (Lipinski definition) is 1. The lowest BCUT2D eigenvalue weighted by molar-refractivity contribution is 0.305. The van der Waals surface area contributed by atoms with Crippen LogP contribution in [-0.4, -0.2) is 26.4 Å². The Kier molecular flexibility index (Phi) is 4.18. The molecule has 0 aromatic carbocycles. The van der Waals surface area contributed by atoms with Gasteiger partial charge in [-0.3, -0.25) is 4.68 Å². The summed E-state index contributed by atoms with van der Waals surface area (Å²) < 4.78 is 7.25. The quantitative estimate of drug-likeness (QED) is 0.758. The number of aryl methyl sites for hydroxylation is 1. The molecule has 0 aliphatic carbocycles. The summed E-state index contributed by atoms with van der Waals surface area (Å²) in [7, 11) is 1.89. The zero-order chi connectivity index (χ0) is 15.4. The van der Waals surface area contributed by atoms with Crippen LogP contribution in [0.3, 0.4) is 0 Å². The van der Waals surface area contributed by atoms with Crippen LogP contribution in [0, 0.1) is 0 Å². The highest BCUT2D eigenvalue weighted by Crippen LogP contribution is 2.21. The summed E-state index contributed by atoms with van der Waals surface area (Å²) >= 11 is 0. The van der Waals surface area contributed by atoms with E-state index in [-0.39, 0.29) is 0 Å². The Morgan fingerprint density at radius 2 is 2.09 bits per heavy atom. The Bertz CT molecular complexity index is 751. The van der Waals surface area contributed by atoms with Gasteiger partial charge in [0.05, 0.1) is 18.2 Å². The maximum Gasteiger partial charge on any atom is 0.213 e. The average molecular weight is 297 g/mol. The minimum Gasteiger partial charge on any atom is -0.478 e. The van der Waals surface area contributed by atoms with Gasteiger partial charge < -0.3 is 10.1 Å². The van der Waals surface area contributed by atoms with Crippen LogP contribution in [0.5, 0.6) is 5.88 Å². The number of rotatable bonds is 6. The van der Waals surface area contributed by atoms with E-state index in [1.54, 1.807) is 10.9 Å². The van der Waals surface area contributed by atoms with Gasteiger partial charge >= 0.3 is 0 Å². The number of aromatic nitrogens is 4. The first-order valence-corrected chi connectivity index (χ1v) is 7.36. The molecule has 3 aromatic rings. The summed E-state index contributed by atoms with van der Waals surface area (Å²) in [5.74, 6) is 0.671. The Hall–Kier alpha value is -2.63. The molecular weight excluding hydrogens is 278 g/mol. The van der Waals surface area contributed by atoms with Crippen LogP contribution >= 0.6 is 0 Å². The van der Waals surface area contributed by atoms with Gasteiger partial charge in [0.25, 0.3) is 0 Å². The van der Waals surface area contributed by atoms with Crippen LogP contribution in [0.4, 0.5) is 5.69 Å². The summed E-state index contributed by atoms with van der Waals surface area (Å²) in [4.78, 5) is 8.63. The van der Waals surface area contributed by atoms with Crippen molar-refractivity contribution in [1.82, 2.24) is 19.7 Å². The molecule has 3 rings (SSSR count). The van der Waals surface area contributed by atoms with Gasteiger partial charge in [0.15, 0.2) is 5.65 Å². The molecule has 0 fully saturated rings. The van der Waals surface area contributed by atoms with Gasteiger partial charge in [-0.05, 0) is 18.1 Å². The van der Waals surface area contributed by atoms with Gasteiger partial charge in [0.1, 0.15) is 0 Å². The molecule has 6 nitrogen and oxygen atoms in total. The van der Waals surface area contributed by atoms with Crippen molar-refractivity contribution in [2.75, 3.05) is 11.9 Å². The second-order valence-electron chi connectivity index (χ2n) is 5.07. The Balaban J connectivity index is 1.68. The summed E-state index contributed by atoms with van der Waals surface area (Å²) in [6, 6.07) is 5.88. The molecule has 0 aliphatic heterocycles. The van der Waals surface area contributed by atoms with Crippen LogP contribution in [0.25, 0.3) is 11.0 Å². The van der Waals surface area contributed by atoms with E-state index in [2.05, 4.69) is 27.3 Å². The molecule has 114 valence electrons. The van der Waals surface area contributed by atoms with Crippen LogP contribution in [0.1, 0.15) is 18.9 Å². The molecule has 0 amide bonds. The van der Waals surface area contributed by atoms with Crippen molar-refractivity contribution in [3.8, 4) is 5.88 Å². The van der Waals surface area contributed by atoms with E-state index in [0.717, 1.165) is 28.7 Å². The van der Waals surface area contributed by atoms with Gasteiger partial charge in [-0.1, -0.05) is 13.0 Å². The van der Waals surface area contributed by atoms with Crippen LogP contribution in [0.2, 0.25) is 0 Å². The molecule has 3 aromatic heterocycles. The summed E-state index contributed by atoms with van der Waals surface area (Å²) in [5.41, 5.74) is 2.98. The van der Waals surface area contributed by atoms with Crippen molar-refractivity contribution in [2.45, 2.75) is 19.9 Å². The SMILES string of the molecule is CCCOc1ccc(CNc2ccnc3c2cnn3C)cn1. The van der Waals surface area contributed by atoms with Crippen molar-refractivity contribution in [3.05, 3.63) is 42.4 Å². The Labute approximate surface area is 129 Å². The molecule has 0 aliphatic rings. The van der Waals surface area contributed by atoms with Crippen LogP contribution < -0.4 is 10.1 Å². The normalized spacial score (nSPS) is 10.8. The number of nitrogens with one attached hydrogen (secondary N) is 1. The highest BCUT2D eigenvalue weighted by Gasteiger charge is 2.06. The number of hydrogen-bond acceptors (Lipinski definition) is 5. The maximum atomic E-state index is 5.48. The molecule has 0 saturated heterocycles. The number of anilines is 1. The fourth-order valence-corrected chi connectivity index (χ4v) is 2.21. The molecule has 0 radical (unpaired) electrons. The third-order valence-corrected chi connectivity index (χ3v) is 3.37. The van der Waals surface area contributed by atoms with E-state index >= 15 is 0 Å². The fourth-order valence-electron chi connectivity index (χ4n) is 2.21. The third kappa shape index (κ3) is 3.00. The molecule has 0 bridgehead atoms. The molecule has 0 spiro atoms. The van der Waals surface area contributed by atoms with Crippen molar-refractivity contribution >= 4 is 16.7 Å². The van der Waals surface area contributed by atoms with E-state index in [1.165, 1.54) is 0 Å². The van der Waals surface area contributed by atoms with Crippen molar-refractivity contribution in [1.29, 1.82) is 0 Å². The largest absolute Gasteiger partial charge is 0.478 e. The van der Waals surface area contributed by atoms with Gasteiger partial charge in [0.2, 0.25) is 5.88 Å². The van der Waals surface area contributed by atoms with E-state index in [9.17, 15) is 0 Å². The Morgan fingerprint density at radius 3 is 2.86 bits per heavy atom. The third-order valence-electron chi connectivity index (χ3n) is 3.37. The molecule has 1 N–H and O–H groups in total. The number of nitrogens with zero attached hydrogens (tertiary/aromatic N) is 4. The lowest BCUT2D eigenvalue weighted by Gasteiger charge is -2.08. The molecule has 22 heavy (non-hydrogen) atoms. The highest BCUT2D eigenvalue weighted by molar-refractivity contribution is 5.88. The zero-order valence-electron chi connectivity index (χ0n) is 12.8. The predicted octanol–water partition coefficient (Wildman–Crippen LogP) is 2.76.